The smallest absolute Gasteiger partial charge is 0.187 e. The molecule has 4 rings (SSSR count). The highest BCUT2D eigenvalue weighted by molar-refractivity contribution is 6.30. The second-order valence-electron chi connectivity index (χ2n) is 5.51. The van der Waals surface area contributed by atoms with Crippen LogP contribution in [0.15, 0.2) is 54.6 Å². The molecule has 24 heavy (non-hydrogen) atoms. The van der Waals surface area contributed by atoms with Crippen LogP contribution < -0.4 is 5.73 Å². The molecular formula is C18H14ClN5. The van der Waals surface area contributed by atoms with Crippen molar-refractivity contribution in [3.63, 3.8) is 0 Å². The topological polar surface area (TPSA) is 69.1 Å². The summed E-state index contributed by atoms with van der Waals surface area (Å²) >= 11 is 6.06. The lowest BCUT2D eigenvalue weighted by atomic mass is 10.1. The first-order valence-electron chi connectivity index (χ1n) is 7.48. The molecule has 118 valence electrons. The van der Waals surface area contributed by atoms with Crippen LogP contribution in [-0.2, 0) is 0 Å². The Labute approximate surface area is 143 Å². The third-order valence-electron chi connectivity index (χ3n) is 3.91. The van der Waals surface area contributed by atoms with Crippen LogP contribution >= 0.6 is 11.6 Å². The van der Waals surface area contributed by atoms with E-state index in [1.807, 2.05) is 55.5 Å². The van der Waals surface area contributed by atoms with Crippen molar-refractivity contribution in [3.05, 3.63) is 65.3 Å². The summed E-state index contributed by atoms with van der Waals surface area (Å²) in [7, 11) is 0. The summed E-state index contributed by atoms with van der Waals surface area (Å²) in [5.41, 5.74) is 11.2. The number of aromatic nitrogens is 4. The van der Waals surface area contributed by atoms with Crippen LogP contribution in [0.3, 0.4) is 0 Å². The molecule has 2 heterocycles. The fourth-order valence-electron chi connectivity index (χ4n) is 2.81. The average molecular weight is 336 g/mol. The Bertz CT molecular complexity index is 1040. The van der Waals surface area contributed by atoms with Gasteiger partial charge in [0.1, 0.15) is 5.69 Å². The number of fused-ring (bicyclic) bond motifs is 1. The van der Waals surface area contributed by atoms with Gasteiger partial charge in [0.25, 0.3) is 0 Å². The molecule has 0 bridgehead atoms. The van der Waals surface area contributed by atoms with Gasteiger partial charge in [-0.1, -0.05) is 54.1 Å². The van der Waals surface area contributed by atoms with E-state index in [1.54, 1.807) is 10.6 Å². The number of nitrogens with zero attached hydrogens (tertiary/aromatic N) is 4. The highest BCUT2D eigenvalue weighted by atomic mass is 35.5. The summed E-state index contributed by atoms with van der Waals surface area (Å²) in [6.45, 7) is 1.94. The molecule has 2 N–H and O–H groups in total. The number of hydrogen-bond acceptors (Lipinski definition) is 4. The molecule has 0 spiro atoms. The number of benzene rings is 2. The van der Waals surface area contributed by atoms with Crippen molar-refractivity contribution < 1.29 is 0 Å². The first kappa shape index (κ1) is 14.7. The van der Waals surface area contributed by atoms with E-state index in [1.165, 1.54) is 0 Å². The molecule has 0 amide bonds. The molecule has 0 saturated heterocycles. The maximum atomic E-state index is 6.32. The molecule has 0 aliphatic heterocycles. The summed E-state index contributed by atoms with van der Waals surface area (Å²) in [6.07, 6.45) is 0. The van der Waals surface area contributed by atoms with Gasteiger partial charge < -0.3 is 5.73 Å². The second kappa shape index (κ2) is 5.62. The second-order valence-corrected chi connectivity index (χ2v) is 5.94. The third kappa shape index (κ3) is 2.30. The van der Waals surface area contributed by atoms with Gasteiger partial charge in [-0.15, -0.1) is 10.2 Å². The average Bonchev–Trinajstić information content (AvgIpc) is 2.93. The molecule has 0 atom stereocenters. The maximum absolute atomic E-state index is 6.32. The van der Waals surface area contributed by atoms with E-state index in [2.05, 4.69) is 15.3 Å². The molecule has 4 aromatic rings. The Morgan fingerprint density at radius 3 is 2.46 bits per heavy atom. The van der Waals surface area contributed by atoms with Crippen LogP contribution in [0.1, 0.15) is 5.69 Å². The van der Waals surface area contributed by atoms with E-state index in [0.717, 1.165) is 22.4 Å². The van der Waals surface area contributed by atoms with Gasteiger partial charge in [0, 0.05) is 10.6 Å². The summed E-state index contributed by atoms with van der Waals surface area (Å²) < 4.78 is 1.64. The maximum Gasteiger partial charge on any atom is 0.187 e. The molecule has 0 unspecified atom stereocenters. The standard InChI is InChI=1S/C18H14ClN5/c1-11-15(12-6-3-2-4-7-12)18-22-21-16(17(20)24(18)23-11)13-8-5-9-14(19)10-13/h2-10H,20H2,1H3. The Morgan fingerprint density at radius 2 is 1.71 bits per heavy atom. The number of anilines is 1. The van der Waals surface area contributed by atoms with Gasteiger partial charge in [0.2, 0.25) is 0 Å². The van der Waals surface area contributed by atoms with E-state index in [-0.39, 0.29) is 0 Å². The molecule has 0 aliphatic rings. The van der Waals surface area contributed by atoms with Crippen molar-refractivity contribution in [2.75, 3.05) is 5.73 Å². The number of halogens is 1. The fraction of sp³-hybridized carbons (Fsp3) is 0.0556. The monoisotopic (exact) mass is 335 g/mol. The van der Waals surface area contributed by atoms with Crippen molar-refractivity contribution in [2.24, 2.45) is 0 Å². The quantitative estimate of drug-likeness (QED) is 0.601. The number of nitrogen functional groups attached to an aromatic ring is 1. The Hall–Kier alpha value is -2.92. The minimum atomic E-state index is 0.438. The molecule has 5 nitrogen and oxygen atoms in total. The zero-order valence-electron chi connectivity index (χ0n) is 12.9. The molecule has 2 aromatic heterocycles. The van der Waals surface area contributed by atoms with E-state index in [9.17, 15) is 0 Å². The van der Waals surface area contributed by atoms with Gasteiger partial charge in [0.05, 0.1) is 11.3 Å². The van der Waals surface area contributed by atoms with Gasteiger partial charge in [-0.25, -0.2) is 0 Å². The first-order chi connectivity index (χ1) is 11.6. The van der Waals surface area contributed by atoms with Gasteiger partial charge in [-0.3, -0.25) is 0 Å². The number of rotatable bonds is 2. The number of hydrogen-bond donors (Lipinski definition) is 1. The highest BCUT2D eigenvalue weighted by Gasteiger charge is 2.18. The van der Waals surface area contributed by atoms with Crippen LogP contribution in [-0.4, -0.2) is 19.8 Å². The highest BCUT2D eigenvalue weighted by Crippen LogP contribution is 2.31. The van der Waals surface area contributed by atoms with Gasteiger partial charge in [0.15, 0.2) is 11.5 Å². The normalized spacial score (nSPS) is 11.1. The first-order valence-corrected chi connectivity index (χ1v) is 7.86. The molecular weight excluding hydrogens is 322 g/mol. The predicted octanol–water partition coefficient (Wildman–Crippen LogP) is 4.00. The zero-order chi connectivity index (χ0) is 16.7. The Morgan fingerprint density at radius 1 is 0.958 bits per heavy atom. The molecule has 0 radical (unpaired) electrons. The third-order valence-corrected chi connectivity index (χ3v) is 4.15. The van der Waals surface area contributed by atoms with E-state index >= 15 is 0 Å². The van der Waals surface area contributed by atoms with Crippen LogP contribution in [0.4, 0.5) is 5.82 Å². The number of nitrogens with two attached hydrogens (primary N) is 1. The lowest BCUT2D eigenvalue weighted by molar-refractivity contribution is 0.893. The molecule has 6 heteroatoms. The largest absolute Gasteiger partial charge is 0.382 e. The van der Waals surface area contributed by atoms with E-state index < -0.39 is 0 Å². The summed E-state index contributed by atoms with van der Waals surface area (Å²) in [5.74, 6) is 0.438. The van der Waals surface area contributed by atoms with Gasteiger partial charge in [-0.05, 0) is 24.6 Å². The van der Waals surface area contributed by atoms with E-state index in [0.29, 0.717) is 22.2 Å². The predicted molar refractivity (Wildman–Crippen MR) is 95.8 cm³/mol. The van der Waals surface area contributed by atoms with Crippen molar-refractivity contribution in [3.8, 4) is 22.4 Å². The lowest BCUT2D eigenvalue weighted by Gasteiger charge is -2.06. The molecule has 2 aromatic carbocycles. The minimum Gasteiger partial charge on any atom is -0.382 e. The SMILES string of the molecule is Cc1nn2c(N)c(-c3cccc(Cl)c3)nnc2c1-c1ccccc1. The minimum absolute atomic E-state index is 0.438. The summed E-state index contributed by atoms with van der Waals surface area (Å²) in [4.78, 5) is 0. The van der Waals surface area contributed by atoms with Crippen molar-refractivity contribution >= 4 is 23.1 Å². The molecule has 0 fully saturated rings. The fourth-order valence-corrected chi connectivity index (χ4v) is 3.00. The van der Waals surface area contributed by atoms with Gasteiger partial charge in [-0.2, -0.15) is 9.61 Å². The van der Waals surface area contributed by atoms with Crippen LogP contribution in [0.25, 0.3) is 28.0 Å². The Kier molecular flexibility index (Phi) is 3.43. The lowest BCUT2D eigenvalue weighted by Crippen LogP contribution is -2.05. The van der Waals surface area contributed by atoms with E-state index in [4.69, 9.17) is 17.3 Å². The summed E-state index contributed by atoms with van der Waals surface area (Å²) in [5, 5.41) is 13.9. The van der Waals surface area contributed by atoms with Crippen LogP contribution in [0.5, 0.6) is 0 Å². The van der Waals surface area contributed by atoms with Crippen molar-refractivity contribution in [1.29, 1.82) is 0 Å². The van der Waals surface area contributed by atoms with Crippen molar-refractivity contribution in [1.82, 2.24) is 19.8 Å². The Balaban J connectivity index is 1.96. The number of aryl methyl sites for hydroxylation is 1. The molecule has 0 saturated carbocycles. The summed E-state index contributed by atoms with van der Waals surface area (Å²) in [6, 6.07) is 17.3. The van der Waals surface area contributed by atoms with Gasteiger partial charge >= 0.3 is 0 Å². The molecule has 0 aliphatic carbocycles. The zero-order valence-corrected chi connectivity index (χ0v) is 13.7. The van der Waals surface area contributed by atoms with Crippen LogP contribution in [0.2, 0.25) is 5.02 Å². The van der Waals surface area contributed by atoms with Crippen molar-refractivity contribution in [2.45, 2.75) is 6.92 Å². The van der Waals surface area contributed by atoms with Crippen LogP contribution in [0, 0.1) is 6.92 Å².